The van der Waals surface area contributed by atoms with E-state index in [9.17, 15) is 10.5 Å². The second-order valence-electron chi connectivity index (χ2n) is 18.0. The van der Waals surface area contributed by atoms with Gasteiger partial charge in [0.15, 0.2) is 0 Å². The van der Waals surface area contributed by atoms with Crippen molar-refractivity contribution in [3.05, 3.63) is 0 Å². The lowest BCUT2D eigenvalue weighted by atomic mass is 9.65. The van der Waals surface area contributed by atoms with E-state index in [1.807, 2.05) is 0 Å². The molecule has 0 aromatic heterocycles. The molecule has 0 saturated heterocycles. The van der Waals surface area contributed by atoms with Crippen molar-refractivity contribution in [3.8, 4) is 12.1 Å². The highest BCUT2D eigenvalue weighted by atomic mass is 16.5. The Morgan fingerprint density at radius 2 is 0.776 bits per heavy atom. The van der Waals surface area contributed by atoms with Crippen molar-refractivity contribution in [2.75, 3.05) is 13.2 Å². The Morgan fingerprint density at radius 3 is 1.10 bits per heavy atom. The molecule has 0 aromatic rings. The second kappa shape index (κ2) is 24.2. The Hall–Kier alpha value is -1.06. The average Bonchev–Trinajstić information content (AvgIpc) is 3.15. The summed E-state index contributed by atoms with van der Waals surface area (Å²) in [4.78, 5) is 0. The first-order valence-corrected chi connectivity index (χ1v) is 22.5. The molecule has 280 valence electrons. The molecule has 2 atom stereocenters. The maximum Gasteiger partial charge on any atom is 0.0655 e. The van der Waals surface area contributed by atoms with Crippen LogP contribution in [0, 0.1) is 81.8 Å². The molecular weight excluding hydrogens is 597 g/mol. The molecule has 0 radical (unpaired) electrons. The minimum absolute atomic E-state index is 0.303. The average molecular weight is 677 g/mol. The van der Waals surface area contributed by atoms with Crippen molar-refractivity contribution in [2.24, 2.45) is 59.2 Å². The standard InChI is InChI=1S/C46H80N2O/c1-3-5-7-9-11-13-37-15-23-41(24-16-37)45(43-27-19-39(35-47)20-28-43)31-33-49-34-32-46(44-29-21-40(36-48)22-30-44)42-25-17-38(18-26-42)14-12-10-8-6-4-2/h37-46H,3-34H2,1-2H3/t37-,38-,39-,40-,41-,42-,43-,44-,45?,46?. The van der Waals surface area contributed by atoms with E-state index in [4.69, 9.17) is 4.74 Å². The van der Waals surface area contributed by atoms with Crippen LogP contribution >= 0.6 is 0 Å². The number of nitriles is 2. The molecular formula is C46H80N2O. The maximum atomic E-state index is 9.56. The number of rotatable bonds is 22. The van der Waals surface area contributed by atoms with Gasteiger partial charge in [-0.2, -0.15) is 10.5 Å². The van der Waals surface area contributed by atoms with Crippen molar-refractivity contribution >= 4 is 0 Å². The minimum atomic E-state index is 0.303. The van der Waals surface area contributed by atoms with Crippen LogP contribution in [-0.2, 0) is 4.74 Å². The summed E-state index contributed by atoms with van der Waals surface area (Å²) in [6.45, 7) is 6.52. The first-order chi connectivity index (χ1) is 24.1. The molecule has 4 fully saturated rings. The number of hydrogen-bond acceptors (Lipinski definition) is 3. The highest BCUT2D eigenvalue weighted by Gasteiger charge is 2.36. The Bertz CT molecular complexity index is 828. The van der Waals surface area contributed by atoms with Gasteiger partial charge in [0.05, 0.1) is 12.1 Å². The van der Waals surface area contributed by atoms with E-state index < -0.39 is 0 Å². The highest BCUT2D eigenvalue weighted by molar-refractivity contribution is 4.92. The third-order valence-corrected chi connectivity index (χ3v) is 14.7. The zero-order valence-corrected chi connectivity index (χ0v) is 32.7. The van der Waals surface area contributed by atoms with E-state index in [0.717, 1.165) is 86.2 Å². The van der Waals surface area contributed by atoms with E-state index in [1.165, 1.54) is 167 Å². The molecule has 0 amide bonds. The molecule has 0 aromatic carbocycles. The predicted octanol–water partition coefficient (Wildman–Crippen LogP) is 14.0. The Labute approximate surface area is 305 Å². The Kier molecular flexibility index (Phi) is 20.1. The zero-order chi connectivity index (χ0) is 34.5. The lowest BCUT2D eigenvalue weighted by Crippen LogP contribution is -2.32. The molecule has 4 aliphatic rings. The zero-order valence-electron chi connectivity index (χ0n) is 32.7. The lowest BCUT2D eigenvalue weighted by Gasteiger charge is -2.41. The summed E-state index contributed by atoms with van der Waals surface area (Å²) in [7, 11) is 0. The normalized spacial score (nSPS) is 32.2. The molecule has 0 spiro atoms. The third kappa shape index (κ3) is 14.5. The monoisotopic (exact) mass is 677 g/mol. The number of hydrogen-bond donors (Lipinski definition) is 0. The summed E-state index contributed by atoms with van der Waals surface area (Å²) < 4.78 is 6.65. The van der Waals surface area contributed by atoms with Crippen LogP contribution in [0.5, 0.6) is 0 Å². The van der Waals surface area contributed by atoms with Gasteiger partial charge in [-0.05, 0) is 137 Å². The summed E-state index contributed by atoms with van der Waals surface area (Å²) in [5, 5.41) is 19.1. The molecule has 3 heteroatoms. The quantitative estimate of drug-likeness (QED) is 0.107. The van der Waals surface area contributed by atoms with E-state index >= 15 is 0 Å². The molecule has 4 saturated carbocycles. The fourth-order valence-electron chi connectivity index (χ4n) is 11.5. The number of ether oxygens (including phenoxy) is 1. The summed E-state index contributed by atoms with van der Waals surface area (Å²) in [6, 6.07) is 5.18. The van der Waals surface area contributed by atoms with Crippen LogP contribution < -0.4 is 0 Å². The van der Waals surface area contributed by atoms with Gasteiger partial charge >= 0.3 is 0 Å². The predicted molar refractivity (Wildman–Crippen MR) is 207 cm³/mol. The van der Waals surface area contributed by atoms with Crippen molar-refractivity contribution in [3.63, 3.8) is 0 Å². The van der Waals surface area contributed by atoms with Crippen LogP contribution in [0.15, 0.2) is 0 Å². The third-order valence-electron chi connectivity index (χ3n) is 14.7. The van der Waals surface area contributed by atoms with Crippen LogP contribution in [0.2, 0.25) is 0 Å². The molecule has 2 unspecified atom stereocenters. The van der Waals surface area contributed by atoms with Crippen LogP contribution in [-0.4, -0.2) is 13.2 Å². The number of unbranched alkanes of at least 4 members (excludes halogenated alkanes) is 8. The van der Waals surface area contributed by atoms with Gasteiger partial charge in [-0.3, -0.25) is 0 Å². The summed E-state index contributed by atoms with van der Waals surface area (Å²) in [5.41, 5.74) is 0. The Balaban J connectivity index is 1.24. The van der Waals surface area contributed by atoms with E-state index in [-0.39, 0.29) is 0 Å². The van der Waals surface area contributed by atoms with E-state index in [0.29, 0.717) is 11.8 Å². The van der Waals surface area contributed by atoms with Crippen molar-refractivity contribution in [2.45, 2.75) is 206 Å². The van der Waals surface area contributed by atoms with Gasteiger partial charge in [0, 0.05) is 25.0 Å². The largest absolute Gasteiger partial charge is 0.381 e. The minimum Gasteiger partial charge on any atom is -0.381 e. The topological polar surface area (TPSA) is 56.8 Å². The SMILES string of the molecule is CCCCCCC[C@H]1CC[C@H](C(CCOCCC([C@H]2CC[C@H](C#N)CC2)[C@H]2CC[C@H](CCCCCCC)CC2)[C@H]2CC[C@H](C#N)CC2)CC1. The number of nitrogens with zero attached hydrogens (tertiary/aromatic N) is 2. The van der Waals surface area contributed by atoms with Gasteiger partial charge in [-0.25, -0.2) is 0 Å². The van der Waals surface area contributed by atoms with Gasteiger partial charge in [0.25, 0.3) is 0 Å². The molecule has 0 heterocycles. The summed E-state index contributed by atoms with van der Waals surface area (Å²) in [5.74, 6) is 7.56. The van der Waals surface area contributed by atoms with Crippen LogP contribution in [0.25, 0.3) is 0 Å². The molecule has 3 nitrogen and oxygen atoms in total. The first-order valence-electron chi connectivity index (χ1n) is 22.5. The molecule has 0 aliphatic heterocycles. The summed E-state index contributed by atoms with van der Waals surface area (Å²) >= 11 is 0. The van der Waals surface area contributed by atoms with Gasteiger partial charge in [-0.1, -0.05) is 117 Å². The van der Waals surface area contributed by atoms with Gasteiger partial charge in [0.1, 0.15) is 0 Å². The Morgan fingerprint density at radius 1 is 0.449 bits per heavy atom. The highest BCUT2D eigenvalue weighted by Crippen LogP contribution is 2.46. The van der Waals surface area contributed by atoms with Gasteiger partial charge in [0.2, 0.25) is 0 Å². The molecule has 4 aliphatic carbocycles. The molecule has 0 N–H and O–H groups in total. The summed E-state index contributed by atoms with van der Waals surface area (Å²) in [6.07, 6.45) is 40.8. The molecule has 49 heavy (non-hydrogen) atoms. The second-order valence-corrected chi connectivity index (χ2v) is 18.0. The van der Waals surface area contributed by atoms with Crippen molar-refractivity contribution in [1.29, 1.82) is 10.5 Å². The van der Waals surface area contributed by atoms with Crippen molar-refractivity contribution < 1.29 is 4.74 Å². The van der Waals surface area contributed by atoms with Crippen LogP contribution in [0.3, 0.4) is 0 Å². The smallest absolute Gasteiger partial charge is 0.0655 e. The van der Waals surface area contributed by atoms with E-state index in [2.05, 4.69) is 26.0 Å². The fourth-order valence-corrected chi connectivity index (χ4v) is 11.5. The van der Waals surface area contributed by atoms with Crippen LogP contribution in [0.1, 0.15) is 206 Å². The lowest BCUT2D eigenvalue weighted by molar-refractivity contribution is 0.0396. The van der Waals surface area contributed by atoms with Gasteiger partial charge in [-0.15, -0.1) is 0 Å². The molecule has 4 rings (SSSR count). The van der Waals surface area contributed by atoms with Crippen molar-refractivity contribution in [1.82, 2.24) is 0 Å². The van der Waals surface area contributed by atoms with Crippen LogP contribution in [0.4, 0.5) is 0 Å². The first kappa shape index (κ1) is 40.7. The van der Waals surface area contributed by atoms with E-state index in [1.54, 1.807) is 0 Å². The maximum absolute atomic E-state index is 9.56. The molecule has 0 bridgehead atoms. The van der Waals surface area contributed by atoms with Gasteiger partial charge < -0.3 is 4.74 Å². The fraction of sp³-hybridized carbons (Fsp3) is 0.957.